The van der Waals surface area contributed by atoms with E-state index in [1.807, 2.05) is 12.1 Å². The molecule has 0 heterocycles. The van der Waals surface area contributed by atoms with E-state index in [4.69, 9.17) is 5.11 Å². The zero-order valence-electron chi connectivity index (χ0n) is 12.3. The first-order chi connectivity index (χ1) is 9.45. The van der Waals surface area contributed by atoms with Crippen LogP contribution in [0, 0.1) is 5.92 Å². The molecular weight excluding hydrogens is 254 g/mol. The second-order valence-electron chi connectivity index (χ2n) is 5.19. The quantitative estimate of drug-likeness (QED) is 0.805. The highest BCUT2D eigenvalue weighted by molar-refractivity contribution is 5.94. The molecule has 1 aromatic carbocycles. The molecule has 2 unspecified atom stereocenters. The average Bonchev–Trinajstić information content (AvgIpc) is 2.44. The standard InChI is InChI=1S/C16H23NO3/c1-4-5-6-13-7-9-14(10-8-13)15(18)17-12(3)11(2)16(19)20/h7-12H,4-6H2,1-3H3,(H,17,18)(H,19,20). The van der Waals surface area contributed by atoms with E-state index in [2.05, 4.69) is 12.2 Å². The SMILES string of the molecule is CCCCc1ccc(C(=O)NC(C)C(C)C(=O)O)cc1. The van der Waals surface area contributed by atoms with Crippen molar-refractivity contribution in [1.29, 1.82) is 0 Å². The molecule has 0 radical (unpaired) electrons. The Kier molecular flexibility index (Phi) is 6.22. The molecule has 1 amide bonds. The van der Waals surface area contributed by atoms with Crippen molar-refractivity contribution in [3.63, 3.8) is 0 Å². The monoisotopic (exact) mass is 277 g/mol. The summed E-state index contributed by atoms with van der Waals surface area (Å²) in [5.74, 6) is -1.75. The minimum Gasteiger partial charge on any atom is -0.481 e. The van der Waals surface area contributed by atoms with Gasteiger partial charge >= 0.3 is 5.97 Å². The van der Waals surface area contributed by atoms with Crippen LogP contribution in [0.1, 0.15) is 49.5 Å². The van der Waals surface area contributed by atoms with Crippen LogP contribution < -0.4 is 5.32 Å². The van der Waals surface area contributed by atoms with Gasteiger partial charge < -0.3 is 10.4 Å². The van der Waals surface area contributed by atoms with Crippen LogP contribution in [0.4, 0.5) is 0 Å². The molecule has 0 spiro atoms. The van der Waals surface area contributed by atoms with Crippen molar-refractivity contribution in [2.45, 2.75) is 46.1 Å². The van der Waals surface area contributed by atoms with E-state index in [-0.39, 0.29) is 5.91 Å². The van der Waals surface area contributed by atoms with Gasteiger partial charge in [-0.05, 0) is 44.4 Å². The fraction of sp³-hybridized carbons (Fsp3) is 0.500. The highest BCUT2D eigenvalue weighted by Crippen LogP contribution is 2.09. The molecule has 0 aliphatic rings. The lowest BCUT2D eigenvalue weighted by atomic mass is 10.0. The number of carbonyl (C=O) groups is 2. The first-order valence-corrected chi connectivity index (χ1v) is 7.08. The van der Waals surface area contributed by atoms with Gasteiger partial charge in [-0.1, -0.05) is 25.5 Å². The average molecular weight is 277 g/mol. The van der Waals surface area contributed by atoms with Gasteiger partial charge in [0.15, 0.2) is 0 Å². The molecule has 4 heteroatoms. The summed E-state index contributed by atoms with van der Waals surface area (Å²) in [5.41, 5.74) is 1.78. The highest BCUT2D eigenvalue weighted by Gasteiger charge is 2.21. The van der Waals surface area contributed by atoms with Gasteiger partial charge in [-0.25, -0.2) is 0 Å². The second kappa shape index (κ2) is 7.68. The number of hydrogen-bond acceptors (Lipinski definition) is 2. The lowest BCUT2D eigenvalue weighted by Gasteiger charge is -2.17. The molecule has 0 saturated carbocycles. The maximum Gasteiger partial charge on any atom is 0.308 e. The predicted octanol–water partition coefficient (Wildman–Crippen LogP) is 2.87. The summed E-state index contributed by atoms with van der Waals surface area (Å²) in [6, 6.07) is 7.09. The third kappa shape index (κ3) is 4.68. The molecule has 0 bridgehead atoms. The number of amides is 1. The number of aryl methyl sites for hydroxylation is 1. The van der Waals surface area contributed by atoms with Crippen molar-refractivity contribution in [2.75, 3.05) is 0 Å². The number of hydrogen-bond donors (Lipinski definition) is 2. The molecule has 110 valence electrons. The van der Waals surface area contributed by atoms with Gasteiger partial charge in [0.05, 0.1) is 5.92 Å². The topological polar surface area (TPSA) is 66.4 Å². The Labute approximate surface area is 120 Å². The number of aliphatic carboxylic acids is 1. The summed E-state index contributed by atoms with van der Waals surface area (Å²) in [6.07, 6.45) is 3.30. The zero-order valence-corrected chi connectivity index (χ0v) is 12.3. The van der Waals surface area contributed by atoms with Gasteiger partial charge in [-0.3, -0.25) is 9.59 Å². The molecule has 2 atom stereocenters. The molecule has 2 N–H and O–H groups in total. The maximum absolute atomic E-state index is 12.0. The van der Waals surface area contributed by atoms with E-state index in [9.17, 15) is 9.59 Å². The molecule has 0 aliphatic carbocycles. The summed E-state index contributed by atoms with van der Waals surface area (Å²) in [5, 5.41) is 11.6. The molecular formula is C16H23NO3. The van der Waals surface area contributed by atoms with Crippen LogP contribution in [-0.4, -0.2) is 23.0 Å². The number of carbonyl (C=O) groups excluding carboxylic acids is 1. The van der Waals surface area contributed by atoms with Crippen LogP contribution in [-0.2, 0) is 11.2 Å². The molecule has 20 heavy (non-hydrogen) atoms. The largest absolute Gasteiger partial charge is 0.481 e. The van der Waals surface area contributed by atoms with Crippen LogP contribution >= 0.6 is 0 Å². The first-order valence-electron chi connectivity index (χ1n) is 7.08. The third-order valence-electron chi connectivity index (χ3n) is 3.53. The van der Waals surface area contributed by atoms with E-state index >= 15 is 0 Å². The van der Waals surface area contributed by atoms with Crippen LogP contribution in [0.2, 0.25) is 0 Å². The van der Waals surface area contributed by atoms with E-state index in [0.29, 0.717) is 5.56 Å². The summed E-state index contributed by atoms with van der Waals surface area (Å²) in [4.78, 5) is 22.9. The number of nitrogens with one attached hydrogen (secondary N) is 1. The summed E-state index contributed by atoms with van der Waals surface area (Å²) in [6.45, 7) is 5.43. The lowest BCUT2D eigenvalue weighted by Crippen LogP contribution is -2.40. The number of carboxylic acid groups (broad SMARTS) is 1. The maximum atomic E-state index is 12.0. The zero-order chi connectivity index (χ0) is 15.1. The van der Waals surface area contributed by atoms with Crippen molar-refractivity contribution in [3.8, 4) is 0 Å². The van der Waals surface area contributed by atoms with Crippen LogP contribution in [0.15, 0.2) is 24.3 Å². The minimum atomic E-state index is -0.910. The Morgan fingerprint density at radius 1 is 1.20 bits per heavy atom. The Hall–Kier alpha value is -1.84. The van der Waals surface area contributed by atoms with Crippen LogP contribution in [0.5, 0.6) is 0 Å². The van der Waals surface area contributed by atoms with Crippen molar-refractivity contribution >= 4 is 11.9 Å². The normalized spacial score (nSPS) is 13.6. The van der Waals surface area contributed by atoms with Gasteiger partial charge in [0, 0.05) is 11.6 Å². The van der Waals surface area contributed by atoms with Gasteiger partial charge in [0.1, 0.15) is 0 Å². The molecule has 0 saturated heterocycles. The number of rotatable bonds is 7. The summed E-state index contributed by atoms with van der Waals surface area (Å²) in [7, 11) is 0. The van der Waals surface area contributed by atoms with E-state index in [0.717, 1.165) is 19.3 Å². The number of unbranched alkanes of at least 4 members (excludes halogenated alkanes) is 1. The lowest BCUT2D eigenvalue weighted by molar-refractivity contribution is -0.141. The van der Waals surface area contributed by atoms with Crippen molar-refractivity contribution in [1.82, 2.24) is 5.32 Å². The Morgan fingerprint density at radius 3 is 2.30 bits per heavy atom. The Morgan fingerprint density at radius 2 is 1.80 bits per heavy atom. The molecule has 1 aromatic rings. The minimum absolute atomic E-state index is 0.229. The van der Waals surface area contributed by atoms with Gasteiger partial charge in [-0.15, -0.1) is 0 Å². The fourth-order valence-corrected chi connectivity index (χ4v) is 1.83. The molecule has 0 aliphatic heterocycles. The van der Waals surface area contributed by atoms with Gasteiger partial charge in [-0.2, -0.15) is 0 Å². The first kappa shape index (κ1) is 16.2. The summed E-state index contributed by atoms with van der Waals surface area (Å²) < 4.78 is 0. The fourth-order valence-electron chi connectivity index (χ4n) is 1.83. The van der Waals surface area contributed by atoms with E-state index in [1.54, 1.807) is 26.0 Å². The molecule has 4 nitrogen and oxygen atoms in total. The smallest absolute Gasteiger partial charge is 0.308 e. The van der Waals surface area contributed by atoms with E-state index in [1.165, 1.54) is 5.56 Å². The molecule has 0 fully saturated rings. The number of benzene rings is 1. The van der Waals surface area contributed by atoms with Crippen LogP contribution in [0.3, 0.4) is 0 Å². The Balaban J connectivity index is 2.61. The second-order valence-corrected chi connectivity index (χ2v) is 5.19. The van der Waals surface area contributed by atoms with Gasteiger partial charge in [0.25, 0.3) is 5.91 Å². The van der Waals surface area contributed by atoms with Crippen LogP contribution in [0.25, 0.3) is 0 Å². The van der Waals surface area contributed by atoms with E-state index < -0.39 is 17.9 Å². The predicted molar refractivity (Wildman–Crippen MR) is 78.8 cm³/mol. The highest BCUT2D eigenvalue weighted by atomic mass is 16.4. The van der Waals surface area contributed by atoms with Crippen molar-refractivity contribution in [3.05, 3.63) is 35.4 Å². The Bertz CT molecular complexity index is 453. The van der Waals surface area contributed by atoms with Crippen molar-refractivity contribution < 1.29 is 14.7 Å². The molecule has 0 aromatic heterocycles. The summed E-state index contributed by atoms with van der Waals surface area (Å²) >= 11 is 0. The number of carboxylic acids is 1. The third-order valence-corrected chi connectivity index (χ3v) is 3.53. The van der Waals surface area contributed by atoms with Crippen molar-refractivity contribution in [2.24, 2.45) is 5.92 Å². The molecule has 1 rings (SSSR count). The van der Waals surface area contributed by atoms with Gasteiger partial charge in [0.2, 0.25) is 0 Å².